The zero-order valence-corrected chi connectivity index (χ0v) is 15.4. The van der Waals surface area contributed by atoms with Crippen LogP contribution in [-0.4, -0.2) is 41.0 Å². The third-order valence-corrected chi connectivity index (χ3v) is 5.15. The van der Waals surface area contributed by atoms with Crippen LogP contribution in [0, 0.1) is 17.2 Å². The Labute approximate surface area is 151 Å². The maximum absolute atomic E-state index is 9.07. The van der Waals surface area contributed by atoms with Gasteiger partial charge in [0, 0.05) is 32.9 Å². The maximum atomic E-state index is 9.07. The predicted octanol–water partition coefficient (Wildman–Crippen LogP) is 3.24. The van der Waals surface area contributed by atoms with Gasteiger partial charge in [-0.05, 0) is 56.1 Å². The Hall–Kier alpha value is -2.09. The number of aryl methyl sites for hydroxylation is 1. The summed E-state index contributed by atoms with van der Waals surface area (Å²) in [6.45, 7) is 5.51. The third-order valence-electron chi connectivity index (χ3n) is 5.15. The molecule has 0 radical (unpaired) electrons. The lowest BCUT2D eigenvalue weighted by Gasteiger charge is -2.34. The van der Waals surface area contributed by atoms with Crippen molar-refractivity contribution < 1.29 is 0 Å². The lowest BCUT2D eigenvalue weighted by atomic mass is 9.96. The van der Waals surface area contributed by atoms with E-state index in [1.54, 1.807) is 0 Å². The van der Waals surface area contributed by atoms with E-state index >= 15 is 0 Å². The van der Waals surface area contributed by atoms with E-state index in [1.807, 2.05) is 17.7 Å². The van der Waals surface area contributed by atoms with Gasteiger partial charge in [-0.1, -0.05) is 30.3 Å². The molecule has 1 aromatic carbocycles. The van der Waals surface area contributed by atoms with E-state index in [0.717, 1.165) is 31.2 Å². The summed E-state index contributed by atoms with van der Waals surface area (Å²) in [5, 5.41) is 9.07. The van der Waals surface area contributed by atoms with Gasteiger partial charge >= 0.3 is 0 Å². The van der Waals surface area contributed by atoms with Crippen molar-refractivity contribution >= 4 is 0 Å². The number of hydrogen-bond acceptors (Lipinski definition) is 3. The molecule has 1 fully saturated rings. The van der Waals surface area contributed by atoms with Gasteiger partial charge < -0.3 is 9.47 Å². The van der Waals surface area contributed by atoms with Crippen LogP contribution in [0.15, 0.2) is 42.6 Å². The number of likely N-dealkylation sites (tertiary alicyclic amines) is 1. The minimum Gasteiger partial charge on any atom is -0.342 e. The van der Waals surface area contributed by atoms with Gasteiger partial charge in [-0.25, -0.2) is 0 Å². The fourth-order valence-corrected chi connectivity index (χ4v) is 3.82. The van der Waals surface area contributed by atoms with Crippen LogP contribution in [0.1, 0.15) is 29.7 Å². The first kappa shape index (κ1) is 17.7. The van der Waals surface area contributed by atoms with Crippen LogP contribution in [0.4, 0.5) is 0 Å². The first-order valence-electron chi connectivity index (χ1n) is 9.14. The van der Waals surface area contributed by atoms with Crippen LogP contribution in [0.25, 0.3) is 0 Å². The molecule has 1 aromatic heterocycles. The average molecular weight is 336 g/mol. The molecule has 0 aliphatic carbocycles. The van der Waals surface area contributed by atoms with Crippen LogP contribution in [0.2, 0.25) is 0 Å². The second-order valence-corrected chi connectivity index (χ2v) is 7.36. The standard InChI is InChI=1S/C21H28N4/c1-23(15-20-12-21(13-22)24(2)16-20)14-19-8-10-25(11-9-19)17-18-6-4-3-5-7-18/h3-7,12,16,19H,8-11,14-15,17H2,1-2H3. The fraction of sp³-hybridized carbons (Fsp3) is 0.476. The van der Waals surface area contributed by atoms with Crippen LogP contribution >= 0.6 is 0 Å². The molecular weight excluding hydrogens is 308 g/mol. The molecule has 1 aliphatic heterocycles. The Kier molecular flexibility index (Phi) is 5.91. The molecule has 0 unspecified atom stereocenters. The Morgan fingerprint density at radius 2 is 1.88 bits per heavy atom. The van der Waals surface area contributed by atoms with Crippen molar-refractivity contribution in [3.8, 4) is 6.07 Å². The lowest BCUT2D eigenvalue weighted by Crippen LogP contribution is -2.37. The molecule has 0 saturated carbocycles. The number of aromatic nitrogens is 1. The zero-order chi connectivity index (χ0) is 17.6. The molecule has 0 bridgehead atoms. The van der Waals surface area contributed by atoms with Gasteiger partial charge in [-0.2, -0.15) is 5.26 Å². The van der Waals surface area contributed by atoms with Crippen LogP contribution in [0.3, 0.4) is 0 Å². The minimum absolute atomic E-state index is 0.734. The van der Waals surface area contributed by atoms with Crippen LogP contribution in [-0.2, 0) is 20.1 Å². The molecule has 1 aliphatic rings. The van der Waals surface area contributed by atoms with Crippen molar-refractivity contribution in [2.75, 3.05) is 26.7 Å². The minimum atomic E-state index is 0.734. The molecule has 0 amide bonds. The Morgan fingerprint density at radius 1 is 1.16 bits per heavy atom. The van der Waals surface area contributed by atoms with Gasteiger partial charge in [0.2, 0.25) is 0 Å². The number of nitrogens with zero attached hydrogens (tertiary/aromatic N) is 4. The lowest BCUT2D eigenvalue weighted by molar-refractivity contribution is 0.147. The predicted molar refractivity (Wildman–Crippen MR) is 101 cm³/mol. The number of nitriles is 1. The SMILES string of the molecule is CN(Cc1cc(C#N)n(C)c1)CC1CCN(Cc2ccccc2)CC1. The van der Waals surface area contributed by atoms with Crippen molar-refractivity contribution in [1.82, 2.24) is 14.4 Å². The van der Waals surface area contributed by atoms with Gasteiger partial charge in [0.05, 0.1) is 0 Å². The highest BCUT2D eigenvalue weighted by atomic mass is 15.1. The molecule has 2 aromatic rings. The summed E-state index contributed by atoms with van der Waals surface area (Å²) in [6.07, 6.45) is 4.61. The van der Waals surface area contributed by atoms with Crippen molar-refractivity contribution in [2.24, 2.45) is 13.0 Å². The molecule has 4 nitrogen and oxygen atoms in total. The second-order valence-electron chi connectivity index (χ2n) is 7.36. The van der Waals surface area contributed by atoms with E-state index in [2.05, 4.69) is 59.4 Å². The van der Waals surface area contributed by atoms with Crippen LogP contribution < -0.4 is 0 Å². The zero-order valence-electron chi connectivity index (χ0n) is 15.4. The van der Waals surface area contributed by atoms with Gasteiger partial charge in [0.1, 0.15) is 11.8 Å². The third kappa shape index (κ3) is 4.94. The summed E-state index contributed by atoms with van der Waals surface area (Å²) in [7, 11) is 4.12. The summed E-state index contributed by atoms with van der Waals surface area (Å²) in [5.74, 6) is 0.774. The summed E-state index contributed by atoms with van der Waals surface area (Å²) >= 11 is 0. The fourth-order valence-electron chi connectivity index (χ4n) is 3.82. The molecule has 0 N–H and O–H groups in total. The monoisotopic (exact) mass is 336 g/mol. The smallest absolute Gasteiger partial charge is 0.120 e. The number of piperidine rings is 1. The summed E-state index contributed by atoms with van der Waals surface area (Å²) in [5.41, 5.74) is 3.37. The highest BCUT2D eigenvalue weighted by Gasteiger charge is 2.20. The van der Waals surface area contributed by atoms with Crippen molar-refractivity contribution in [2.45, 2.75) is 25.9 Å². The molecule has 132 valence electrons. The normalized spacial score (nSPS) is 16.2. The van der Waals surface area contributed by atoms with Crippen molar-refractivity contribution in [1.29, 1.82) is 5.26 Å². The Morgan fingerprint density at radius 3 is 2.52 bits per heavy atom. The molecule has 3 rings (SSSR count). The Bertz CT molecular complexity index is 705. The molecule has 4 heteroatoms. The molecule has 25 heavy (non-hydrogen) atoms. The molecule has 0 spiro atoms. The number of hydrogen-bond donors (Lipinski definition) is 0. The van der Waals surface area contributed by atoms with Gasteiger partial charge in [-0.15, -0.1) is 0 Å². The van der Waals surface area contributed by atoms with E-state index in [4.69, 9.17) is 5.26 Å². The van der Waals surface area contributed by atoms with Gasteiger partial charge in [-0.3, -0.25) is 4.90 Å². The molecular formula is C21H28N4. The van der Waals surface area contributed by atoms with Crippen molar-refractivity contribution in [3.63, 3.8) is 0 Å². The van der Waals surface area contributed by atoms with Crippen molar-refractivity contribution in [3.05, 3.63) is 59.4 Å². The average Bonchev–Trinajstić information content (AvgIpc) is 2.97. The van der Waals surface area contributed by atoms with Crippen LogP contribution in [0.5, 0.6) is 0 Å². The van der Waals surface area contributed by atoms with Gasteiger partial charge in [0.15, 0.2) is 0 Å². The molecule has 1 saturated heterocycles. The van der Waals surface area contributed by atoms with E-state index < -0.39 is 0 Å². The summed E-state index contributed by atoms with van der Waals surface area (Å²) in [4.78, 5) is 4.97. The molecule has 2 heterocycles. The summed E-state index contributed by atoms with van der Waals surface area (Å²) in [6, 6.07) is 15.0. The highest BCUT2D eigenvalue weighted by Crippen LogP contribution is 2.20. The highest BCUT2D eigenvalue weighted by molar-refractivity contribution is 5.28. The largest absolute Gasteiger partial charge is 0.342 e. The first-order chi connectivity index (χ1) is 12.1. The number of rotatable bonds is 6. The topological polar surface area (TPSA) is 35.2 Å². The van der Waals surface area contributed by atoms with E-state index in [9.17, 15) is 0 Å². The maximum Gasteiger partial charge on any atom is 0.120 e. The quantitative estimate of drug-likeness (QED) is 0.812. The van der Waals surface area contributed by atoms with E-state index in [0.29, 0.717) is 0 Å². The Balaban J connectivity index is 1.43. The summed E-state index contributed by atoms with van der Waals surface area (Å²) < 4.78 is 1.91. The van der Waals surface area contributed by atoms with E-state index in [1.165, 1.54) is 37.1 Å². The van der Waals surface area contributed by atoms with E-state index in [-0.39, 0.29) is 0 Å². The first-order valence-corrected chi connectivity index (χ1v) is 9.14. The van der Waals surface area contributed by atoms with Gasteiger partial charge in [0.25, 0.3) is 0 Å². The number of benzene rings is 1. The second kappa shape index (κ2) is 8.33. The molecule has 0 atom stereocenters.